The fourth-order valence-corrected chi connectivity index (χ4v) is 3.07. The summed E-state index contributed by atoms with van der Waals surface area (Å²) in [6.07, 6.45) is 4.74. The van der Waals surface area contributed by atoms with Crippen molar-refractivity contribution in [2.45, 2.75) is 38.6 Å². The molecule has 0 aliphatic heterocycles. The second-order valence-corrected chi connectivity index (χ2v) is 5.45. The molecule has 21 heavy (non-hydrogen) atoms. The molecule has 0 atom stereocenters. The van der Waals surface area contributed by atoms with Gasteiger partial charge in [-0.1, -0.05) is 12.8 Å². The van der Waals surface area contributed by atoms with E-state index in [1.54, 1.807) is 17.7 Å². The first kappa shape index (κ1) is 13.7. The molecule has 0 spiro atoms. The SMILES string of the molecule is CNc1nc(C)c2cc(C=O)c(=O)n(C3CCCC3)c2n1. The third kappa shape index (κ3) is 2.20. The Morgan fingerprint density at radius 3 is 2.67 bits per heavy atom. The van der Waals surface area contributed by atoms with Gasteiger partial charge in [-0.25, -0.2) is 4.98 Å². The van der Waals surface area contributed by atoms with Crippen molar-refractivity contribution in [3.05, 3.63) is 27.7 Å². The number of carbonyl (C=O) groups excluding carboxylic acids is 1. The highest BCUT2D eigenvalue weighted by atomic mass is 16.1. The summed E-state index contributed by atoms with van der Waals surface area (Å²) in [6, 6.07) is 1.73. The van der Waals surface area contributed by atoms with Crippen molar-refractivity contribution >= 4 is 23.3 Å². The van der Waals surface area contributed by atoms with Gasteiger partial charge in [0.1, 0.15) is 5.65 Å². The molecule has 2 aromatic heterocycles. The Morgan fingerprint density at radius 1 is 1.33 bits per heavy atom. The number of fused-ring (bicyclic) bond motifs is 1. The lowest BCUT2D eigenvalue weighted by molar-refractivity contribution is 0.112. The summed E-state index contributed by atoms with van der Waals surface area (Å²) in [5.74, 6) is 0.491. The van der Waals surface area contributed by atoms with Crippen LogP contribution in [0.5, 0.6) is 0 Å². The van der Waals surface area contributed by atoms with Crippen LogP contribution in [0.1, 0.15) is 47.8 Å². The van der Waals surface area contributed by atoms with Gasteiger partial charge in [0.25, 0.3) is 5.56 Å². The molecule has 0 saturated heterocycles. The number of carbonyl (C=O) groups is 1. The largest absolute Gasteiger partial charge is 0.357 e. The molecule has 1 N–H and O–H groups in total. The van der Waals surface area contributed by atoms with Crippen LogP contribution in [0.25, 0.3) is 11.0 Å². The van der Waals surface area contributed by atoms with Crippen LogP contribution in [-0.4, -0.2) is 27.9 Å². The maximum Gasteiger partial charge on any atom is 0.263 e. The van der Waals surface area contributed by atoms with E-state index in [2.05, 4.69) is 15.3 Å². The number of pyridine rings is 1. The lowest BCUT2D eigenvalue weighted by atomic mass is 10.1. The van der Waals surface area contributed by atoms with Crippen LogP contribution < -0.4 is 10.9 Å². The minimum Gasteiger partial charge on any atom is -0.357 e. The van der Waals surface area contributed by atoms with E-state index in [1.165, 1.54) is 0 Å². The molecule has 1 aliphatic carbocycles. The molecule has 0 aromatic carbocycles. The first-order valence-electron chi connectivity index (χ1n) is 7.22. The summed E-state index contributed by atoms with van der Waals surface area (Å²) >= 11 is 0. The maximum atomic E-state index is 12.6. The van der Waals surface area contributed by atoms with E-state index < -0.39 is 0 Å². The smallest absolute Gasteiger partial charge is 0.263 e. The van der Waals surface area contributed by atoms with Gasteiger partial charge in [0.15, 0.2) is 6.29 Å². The van der Waals surface area contributed by atoms with Crippen molar-refractivity contribution in [3.8, 4) is 0 Å². The Kier molecular flexibility index (Phi) is 3.45. The molecule has 6 heteroatoms. The molecular weight excluding hydrogens is 268 g/mol. The van der Waals surface area contributed by atoms with E-state index >= 15 is 0 Å². The highest BCUT2D eigenvalue weighted by Crippen LogP contribution is 2.31. The number of nitrogens with one attached hydrogen (secondary N) is 1. The second-order valence-electron chi connectivity index (χ2n) is 5.45. The third-order valence-electron chi connectivity index (χ3n) is 4.15. The molecule has 1 aliphatic rings. The molecule has 110 valence electrons. The van der Waals surface area contributed by atoms with Gasteiger partial charge in [-0.2, -0.15) is 4.98 Å². The van der Waals surface area contributed by atoms with Crippen LogP contribution in [0.2, 0.25) is 0 Å². The number of hydrogen-bond donors (Lipinski definition) is 1. The van der Waals surface area contributed by atoms with Gasteiger partial charge < -0.3 is 5.32 Å². The van der Waals surface area contributed by atoms with E-state index in [-0.39, 0.29) is 17.2 Å². The molecule has 2 aromatic rings. The minimum absolute atomic E-state index is 0.124. The number of aromatic nitrogens is 3. The molecular formula is C15H18N4O2. The third-order valence-corrected chi connectivity index (χ3v) is 4.15. The number of aldehydes is 1. The first-order chi connectivity index (χ1) is 10.2. The molecule has 0 amide bonds. The van der Waals surface area contributed by atoms with Crippen LogP contribution >= 0.6 is 0 Å². The predicted molar refractivity (Wildman–Crippen MR) is 81.0 cm³/mol. The Morgan fingerprint density at radius 2 is 2.05 bits per heavy atom. The van der Waals surface area contributed by atoms with Crippen LogP contribution in [0.15, 0.2) is 10.9 Å². The Hall–Kier alpha value is -2.24. The Balaban J connectivity index is 2.39. The molecule has 1 fully saturated rings. The summed E-state index contributed by atoms with van der Waals surface area (Å²) in [6.45, 7) is 1.86. The van der Waals surface area contributed by atoms with Crippen molar-refractivity contribution < 1.29 is 4.79 Å². The zero-order valence-corrected chi connectivity index (χ0v) is 12.2. The predicted octanol–water partition coefficient (Wildman–Crippen LogP) is 2.07. The topological polar surface area (TPSA) is 76.9 Å². The molecule has 0 radical (unpaired) electrons. The first-order valence-corrected chi connectivity index (χ1v) is 7.22. The van der Waals surface area contributed by atoms with Crippen LogP contribution in [-0.2, 0) is 0 Å². The van der Waals surface area contributed by atoms with Gasteiger partial charge in [-0.15, -0.1) is 0 Å². The highest BCUT2D eigenvalue weighted by Gasteiger charge is 2.23. The molecule has 0 bridgehead atoms. The summed E-state index contributed by atoms with van der Waals surface area (Å²) < 4.78 is 1.70. The van der Waals surface area contributed by atoms with Gasteiger partial charge in [0.05, 0.1) is 11.3 Å². The summed E-state index contributed by atoms with van der Waals surface area (Å²) in [5.41, 5.74) is 1.32. The van der Waals surface area contributed by atoms with E-state index in [0.717, 1.165) is 36.8 Å². The molecule has 6 nitrogen and oxygen atoms in total. The standard InChI is InChI=1S/C15H18N4O2/c1-9-12-7-10(8-20)14(21)19(11-5-3-4-6-11)13(12)18-15(16-2)17-9/h7-8,11H,3-6H2,1-2H3,(H,16,17,18). The normalized spacial score (nSPS) is 15.5. The quantitative estimate of drug-likeness (QED) is 0.874. The van der Waals surface area contributed by atoms with Crippen LogP contribution in [0.3, 0.4) is 0 Å². The van der Waals surface area contributed by atoms with Gasteiger partial charge >= 0.3 is 0 Å². The monoisotopic (exact) mass is 286 g/mol. The number of nitrogens with zero attached hydrogens (tertiary/aromatic N) is 3. The van der Waals surface area contributed by atoms with Crippen molar-refractivity contribution in [3.63, 3.8) is 0 Å². The molecule has 2 heterocycles. The Bertz CT molecular complexity index is 760. The van der Waals surface area contributed by atoms with Crippen LogP contribution in [0.4, 0.5) is 5.95 Å². The van der Waals surface area contributed by atoms with Crippen LogP contribution in [0, 0.1) is 6.92 Å². The van der Waals surface area contributed by atoms with E-state index in [9.17, 15) is 9.59 Å². The van der Waals surface area contributed by atoms with Crippen molar-refractivity contribution in [1.82, 2.24) is 14.5 Å². The van der Waals surface area contributed by atoms with Gasteiger partial charge in [-0.05, 0) is 25.8 Å². The van der Waals surface area contributed by atoms with Crippen molar-refractivity contribution in [2.24, 2.45) is 0 Å². The Labute approximate surface area is 122 Å². The molecule has 1 saturated carbocycles. The lowest BCUT2D eigenvalue weighted by Crippen LogP contribution is -2.28. The minimum atomic E-state index is -0.246. The number of rotatable bonds is 3. The number of hydrogen-bond acceptors (Lipinski definition) is 5. The lowest BCUT2D eigenvalue weighted by Gasteiger charge is -2.18. The fourth-order valence-electron chi connectivity index (χ4n) is 3.07. The van der Waals surface area contributed by atoms with Gasteiger partial charge in [-0.3, -0.25) is 14.2 Å². The van der Waals surface area contributed by atoms with Crippen molar-refractivity contribution in [2.75, 3.05) is 12.4 Å². The fraction of sp³-hybridized carbons (Fsp3) is 0.467. The van der Waals surface area contributed by atoms with Crippen molar-refractivity contribution in [1.29, 1.82) is 0 Å². The average Bonchev–Trinajstić information content (AvgIpc) is 3.00. The van der Waals surface area contributed by atoms with Gasteiger partial charge in [0.2, 0.25) is 5.95 Å². The number of anilines is 1. The second kappa shape index (κ2) is 5.27. The molecule has 0 unspecified atom stereocenters. The zero-order valence-electron chi connectivity index (χ0n) is 12.2. The molecule has 3 rings (SSSR count). The summed E-state index contributed by atoms with van der Waals surface area (Å²) in [5, 5.41) is 3.68. The average molecular weight is 286 g/mol. The van der Waals surface area contributed by atoms with Gasteiger partial charge in [0, 0.05) is 18.5 Å². The van der Waals surface area contributed by atoms with E-state index in [0.29, 0.717) is 17.9 Å². The van der Waals surface area contributed by atoms with E-state index in [1.807, 2.05) is 6.92 Å². The summed E-state index contributed by atoms with van der Waals surface area (Å²) in [7, 11) is 1.75. The van der Waals surface area contributed by atoms with E-state index in [4.69, 9.17) is 0 Å². The highest BCUT2D eigenvalue weighted by molar-refractivity contribution is 5.86. The number of aryl methyl sites for hydroxylation is 1. The maximum absolute atomic E-state index is 12.6. The summed E-state index contributed by atoms with van der Waals surface area (Å²) in [4.78, 5) is 32.6. The zero-order chi connectivity index (χ0) is 15.0.